The lowest BCUT2D eigenvalue weighted by molar-refractivity contribution is -0.143. The number of benzene rings is 1. The Kier molecular flexibility index (Phi) is 4.65. The van der Waals surface area contributed by atoms with E-state index >= 15 is 0 Å². The minimum absolute atomic E-state index is 0.0522. The van der Waals surface area contributed by atoms with Crippen LogP contribution in [0.3, 0.4) is 0 Å². The van der Waals surface area contributed by atoms with Crippen LogP contribution >= 0.6 is 15.9 Å². The number of hydrogen-bond acceptors (Lipinski definition) is 3. The zero-order valence-electron chi connectivity index (χ0n) is 11.0. The lowest BCUT2D eigenvalue weighted by Gasteiger charge is -2.18. The van der Waals surface area contributed by atoms with E-state index in [2.05, 4.69) is 21.2 Å². The summed E-state index contributed by atoms with van der Waals surface area (Å²) in [5.74, 6) is -0.783. The number of hydrogen-bond donors (Lipinski definition) is 2. The third-order valence-corrected chi connectivity index (χ3v) is 3.68. The molecule has 2 unspecified atom stereocenters. The van der Waals surface area contributed by atoms with Crippen molar-refractivity contribution in [2.45, 2.75) is 31.9 Å². The number of carbonyl (C=O) groups is 2. The quantitative estimate of drug-likeness (QED) is 0.831. The molecule has 2 atom stereocenters. The van der Waals surface area contributed by atoms with Gasteiger partial charge in [0, 0.05) is 4.47 Å². The summed E-state index contributed by atoms with van der Waals surface area (Å²) < 4.78 is 6.40. The van der Waals surface area contributed by atoms with Gasteiger partial charge >= 0.3 is 5.97 Å². The molecule has 0 aliphatic heterocycles. The Morgan fingerprint density at radius 2 is 1.95 bits per heavy atom. The average Bonchev–Trinajstić information content (AvgIpc) is 3.22. The summed E-state index contributed by atoms with van der Waals surface area (Å²) in [6.07, 6.45) is 0.954. The fraction of sp³-hybridized carbons (Fsp3) is 0.429. The van der Waals surface area contributed by atoms with Gasteiger partial charge in [0.15, 0.2) is 6.10 Å². The lowest BCUT2D eigenvalue weighted by Crippen LogP contribution is -2.47. The number of carbonyl (C=O) groups excluding carboxylic acids is 1. The molecule has 1 saturated carbocycles. The molecule has 2 rings (SSSR count). The molecule has 1 amide bonds. The maximum atomic E-state index is 12.0. The molecule has 0 spiro atoms. The topological polar surface area (TPSA) is 75.6 Å². The van der Waals surface area contributed by atoms with E-state index in [0.717, 1.165) is 17.3 Å². The first-order chi connectivity index (χ1) is 9.47. The second-order valence-corrected chi connectivity index (χ2v) is 5.79. The number of carboxylic acid groups (broad SMARTS) is 1. The normalized spacial score (nSPS) is 17.1. The van der Waals surface area contributed by atoms with Crippen molar-refractivity contribution >= 4 is 27.8 Å². The van der Waals surface area contributed by atoms with Gasteiger partial charge < -0.3 is 15.2 Å². The van der Waals surface area contributed by atoms with Gasteiger partial charge in [0.05, 0.1) is 0 Å². The molecule has 0 radical (unpaired) electrons. The van der Waals surface area contributed by atoms with Crippen LogP contribution in [0.25, 0.3) is 0 Å². The number of nitrogens with one attached hydrogen (secondary N) is 1. The molecule has 1 fully saturated rings. The van der Waals surface area contributed by atoms with E-state index in [1.54, 1.807) is 19.1 Å². The maximum absolute atomic E-state index is 12.0. The van der Waals surface area contributed by atoms with E-state index in [0.29, 0.717) is 5.75 Å². The van der Waals surface area contributed by atoms with Crippen molar-refractivity contribution in [3.63, 3.8) is 0 Å². The average molecular weight is 342 g/mol. The molecular formula is C14H16BrNO4. The Labute approximate surface area is 125 Å². The number of ether oxygens (including phenoxy) is 1. The molecule has 5 nitrogen and oxygen atoms in total. The summed E-state index contributed by atoms with van der Waals surface area (Å²) in [5, 5.41) is 11.6. The van der Waals surface area contributed by atoms with E-state index in [9.17, 15) is 9.59 Å². The molecule has 20 heavy (non-hydrogen) atoms. The minimum Gasteiger partial charge on any atom is -0.481 e. The van der Waals surface area contributed by atoms with Crippen LogP contribution in [0.1, 0.15) is 19.8 Å². The van der Waals surface area contributed by atoms with Gasteiger partial charge in [-0.15, -0.1) is 0 Å². The molecule has 0 aromatic heterocycles. The Morgan fingerprint density at radius 1 is 1.35 bits per heavy atom. The molecule has 0 bridgehead atoms. The van der Waals surface area contributed by atoms with Gasteiger partial charge in [0.2, 0.25) is 0 Å². The van der Waals surface area contributed by atoms with E-state index in [1.807, 2.05) is 12.1 Å². The predicted octanol–water partition coefficient (Wildman–Crippen LogP) is 2.20. The zero-order valence-corrected chi connectivity index (χ0v) is 12.6. The number of carboxylic acids is 1. The van der Waals surface area contributed by atoms with Crippen molar-refractivity contribution in [3.8, 4) is 5.75 Å². The van der Waals surface area contributed by atoms with Crippen molar-refractivity contribution in [3.05, 3.63) is 28.7 Å². The maximum Gasteiger partial charge on any atom is 0.326 e. The first-order valence-corrected chi connectivity index (χ1v) is 7.22. The smallest absolute Gasteiger partial charge is 0.326 e. The Hall–Kier alpha value is -1.56. The van der Waals surface area contributed by atoms with E-state index < -0.39 is 24.0 Å². The monoisotopic (exact) mass is 341 g/mol. The molecule has 0 heterocycles. The van der Waals surface area contributed by atoms with Crippen LogP contribution in [-0.4, -0.2) is 29.1 Å². The van der Waals surface area contributed by atoms with Crippen LogP contribution in [0.5, 0.6) is 5.75 Å². The van der Waals surface area contributed by atoms with Gasteiger partial charge in [-0.1, -0.05) is 15.9 Å². The fourth-order valence-corrected chi connectivity index (χ4v) is 2.12. The third-order valence-electron chi connectivity index (χ3n) is 3.15. The standard InChI is InChI=1S/C14H16BrNO4/c1-8(20-11-6-4-10(15)5-7-11)13(17)16-12(14(18)19)9-2-3-9/h4-9,12H,2-3H2,1H3,(H,16,17)(H,18,19). The van der Waals surface area contributed by atoms with Gasteiger partial charge in [0.1, 0.15) is 11.8 Å². The van der Waals surface area contributed by atoms with Crippen molar-refractivity contribution in [1.82, 2.24) is 5.32 Å². The first kappa shape index (κ1) is 14.8. The summed E-state index contributed by atoms with van der Waals surface area (Å²) in [5.41, 5.74) is 0. The molecule has 1 aromatic rings. The second kappa shape index (κ2) is 6.26. The number of halogens is 1. The predicted molar refractivity (Wildman–Crippen MR) is 76.5 cm³/mol. The highest BCUT2D eigenvalue weighted by molar-refractivity contribution is 9.10. The van der Waals surface area contributed by atoms with Gasteiger partial charge in [0.25, 0.3) is 5.91 Å². The Bertz CT molecular complexity index is 498. The molecule has 1 aromatic carbocycles. The highest BCUT2D eigenvalue weighted by atomic mass is 79.9. The summed E-state index contributed by atoms with van der Waals surface area (Å²) in [6, 6.07) is 6.29. The van der Waals surface area contributed by atoms with Crippen molar-refractivity contribution in [2.75, 3.05) is 0 Å². The van der Waals surface area contributed by atoms with Gasteiger partial charge in [-0.2, -0.15) is 0 Å². The number of amides is 1. The van der Waals surface area contributed by atoms with E-state index in [4.69, 9.17) is 9.84 Å². The first-order valence-electron chi connectivity index (χ1n) is 6.43. The summed E-state index contributed by atoms with van der Waals surface area (Å²) >= 11 is 3.31. The minimum atomic E-state index is -0.989. The Morgan fingerprint density at radius 3 is 2.45 bits per heavy atom. The van der Waals surface area contributed by atoms with Crippen molar-refractivity contribution in [1.29, 1.82) is 0 Å². The molecule has 2 N–H and O–H groups in total. The van der Waals surface area contributed by atoms with Crippen molar-refractivity contribution < 1.29 is 19.4 Å². The molecule has 0 saturated heterocycles. The summed E-state index contributed by atoms with van der Waals surface area (Å²) in [7, 11) is 0. The van der Waals surface area contributed by atoms with Gasteiger partial charge in [-0.05, 0) is 49.9 Å². The fourth-order valence-electron chi connectivity index (χ4n) is 1.85. The van der Waals surface area contributed by atoms with Crippen LogP contribution < -0.4 is 10.1 Å². The lowest BCUT2D eigenvalue weighted by atomic mass is 10.2. The van der Waals surface area contributed by atoms with Crippen LogP contribution in [0.2, 0.25) is 0 Å². The second-order valence-electron chi connectivity index (χ2n) is 4.88. The molecule has 6 heteroatoms. The SMILES string of the molecule is CC(Oc1ccc(Br)cc1)C(=O)NC(C(=O)O)C1CC1. The molecule has 108 valence electrons. The summed E-state index contributed by atoms with van der Waals surface area (Å²) in [4.78, 5) is 23.0. The molecule has 1 aliphatic carbocycles. The van der Waals surface area contributed by atoms with Gasteiger partial charge in [-0.3, -0.25) is 4.79 Å². The van der Waals surface area contributed by atoms with E-state index in [1.165, 1.54) is 0 Å². The van der Waals surface area contributed by atoms with Crippen LogP contribution in [0.15, 0.2) is 28.7 Å². The highest BCUT2D eigenvalue weighted by Gasteiger charge is 2.38. The summed E-state index contributed by atoms with van der Waals surface area (Å²) in [6.45, 7) is 1.60. The number of aliphatic carboxylic acids is 1. The zero-order chi connectivity index (χ0) is 14.7. The third kappa shape index (κ3) is 3.96. The van der Waals surface area contributed by atoms with Gasteiger partial charge in [-0.25, -0.2) is 4.79 Å². The Balaban J connectivity index is 1.91. The van der Waals surface area contributed by atoms with E-state index in [-0.39, 0.29) is 5.92 Å². The van der Waals surface area contributed by atoms with Crippen LogP contribution in [0, 0.1) is 5.92 Å². The molecule has 1 aliphatic rings. The van der Waals surface area contributed by atoms with Crippen LogP contribution in [0.4, 0.5) is 0 Å². The van der Waals surface area contributed by atoms with Crippen LogP contribution in [-0.2, 0) is 9.59 Å². The number of rotatable bonds is 6. The van der Waals surface area contributed by atoms with Crippen molar-refractivity contribution in [2.24, 2.45) is 5.92 Å². The highest BCUT2D eigenvalue weighted by Crippen LogP contribution is 2.32. The molecular weight excluding hydrogens is 326 g/mol. The largest absolute Gasteiger partial charge is 0.481 e.